The van der Waals surface area contributed by atoms with Crippen molar-refractivity contribution in [2.75, 3.05) is 6.61 Å². The molecule has 0 aliphatic heterocycles. The van der Waals surface area contributed by atoms with Crippen LogP contribution in [0.2, 0.25) is 0 Å². The Morgan fingerprint density at radius 1 is 1.50 bits per heavy atom. The van der Waals surface area contributed by atoms with E-state index in [4.69, 9.17) is 5.11 Å². The minimum atomic E-state index is -0.497. The summed E-state index contributed by atoms with van der Waals surface area (Å²) >= 11 is 0. The smallest absolute Gasteiger partial charge is 0.312 e. The first-order valence-corrected chi connectivity index (χ1v) is 6.36. The molecule has 0 aromatic carbocycles. The minimum absolute atomic E-state index is 0.0210. The van der Waals surface area contributed by atoms with Crippen LogP contribution >= 0.6 is 0 Å². The Balaban J connectivity index is 2.77. The van der Waals surface area contributed by atoms with Gasteiger partial charge in [0.15, 0.2) is 0 Å². The van der Waals surface area contributed by atoms with Crippen LogP contribution in [-0.4, -0.2) is 38.4 Å². The van der Waals surface area contributed by atoms with Crippen molar-refractivity contribution in [1.29, 1.82) is 0 Å². The fourth-order valence-corrected chi connectivity index (χ4v) is 1.84. The van der Waals surface area contributed by atoms with Crippen LogP contribution in [-0.2, 0) is 11.3 Å². The zero-order valence-electron chi connectivity index (χ0n) is 12.1. The largest absolute Gasteiger partial charge is 0.396 e. The van der Waals surface area contributed by atoms with Gasteiger partial charge in [0.2, 0.25) is 5.91 Å². The summed E-state index contributed by atoms with van der Waals surface area (Å²) in [6.45, 7) is 6.61. The Hall–Kier alpha value is -1.96. The second-order valence-corrected chi connectivity index (χ2v) is 4.95. The minimum Gasteiger partial charge on any atom is -0.396 e. The number of carbonyl (C=O) groups excluding carboxylic acids is 1. The standard InChI is InChI=1S/C12H20N4O4/c1-7(6-17)8(2)13-11(18)5-15-10(4)12(16(19)20)9(3)14-15/h7-8,17H,5-6H2,1-4H3,(H,13,18). The zero-order valence-corrected chi connectivity index (χ0v) is 12.1. The van der Waals surface area contributed by atoms with Crippen LogP contribution in [0.5, 0.6) is 0 Å². The molecule has 2 unspecified atom stereocenters. The van der Waals surface area contributed by atoms with Crippen LogP contribution in [0.3, 0.4) is 0 Å². The van der Waals surface area contributed by atoms with Gasteiger partial charge < -0.3 is 10.4 Å². The van der Waals surface area contributed by atoms with Crippen molar-refractivity contribution < 1.29 is 14.8 Å². The number of hydrogen-bond donors (Lipinski definition) is 2. The summed E-state index contributed by atoms with van der Waals surface area (Å²) in [4.78, 5) is 22.2. The Labute approximate surface area is 116 Å². The van der Waals surface area contributed by atoms with Gasteiger partial charge in [-0.15, -0.1) is 0 Å². The summed E-state index contributed by atoms with van der Waals surface area (Å²) in [6.07, 6.45) is 0. The van der Waals surface area contributed by atoms with Crippen molar-refractivity contribution in [2.24, 2.45) is 5.92 Å². The highest BCUT2D eigenvalue weighted by molar-refractivity contribution is 5.76. The molecule has 2 N–H and O–H groups in total. The Morgan fingerprint density at radius 3 is 2.55 bits per heavy atom. The first-order chi connectivity index (χ1) is 9.27. The van der Waals surface area contributed by atoms with E-state index in [-0.39, 0.29) is 42.4 Å². The van der Waals surface area contributed by atoms with E-state index in [9.17, 15) is 14.9 Å². The molecule has 8 heteroatoms. The number of carbonyl (C=O) groups is 1. The molecule has 0 saturated carbocycles. The Morgan fingerprint density at radius 2 is 2.10 bits per heavy atom. The molecule has 1 aromatic rings. The average Bonchev–Trinajstić information content (AvgIpc) is 2.62. The van der Waals surface area contributed by atoms with Crippen LogP contribution in [0.1, 0.15) is 25.2 Å². The van der Waals surface area contributed by atoms with E-state index in [1.54, 1.807) is 13.8 Å². The molecule has 1 amide bonds. The van der Waals surface area contributed by atoms with Gasteiger partial charge in [0.05, 0.1) is 4.92 Å². The molecule has 1 rings (SSSR count). The number of aliphatic hydroxyl groups excluding tert-OH is 1. The van der Waals surface area contributed by atoms with Gasteiger partial charge in [-0.25, -0.2) is 0 Å². The third-order valence-corrected chi connectivity index (χ3v) is 3.35. The number of amides is 1. The van der Waals surface area contributed by atoms with Gasteiger partial charge in [0, 0.05) is 12.6 Å². The summed E-state index contributed by atoms with van der Waals surface area (Å²) in [7, 11) is 0. The summed E-state index contributed by atoms with van der Waals surface area (Å²) in [5.41, 5.74) is 0.581. The van der Waals surface area contributed by atoms with Gasteiger partial charge in [-0.2, -0.15) is 5.10 Å². The fourth-order valence-electron chi connectivity index (χ4n) is 1.84. The second-order valence-electron chi connectivity index (χ2n) is 4.95. The van der Waals surface area contributed by atoms with Crippen molar-refractivity contribution >= 4 is 11.6 Å². The molecular formula is C12H20N4O4. The maximum absolute atomic E-state index is 11.9. The zero-order chi connectivity index (χ0) is 15.4. The number of hydrogen-bond acceptors (Lipinski definition) is 5. The van der Waals surface area contributed by atoms with E-state index in [2.05, 4.69) is 10.4 Å². The lowest BCUT2D eigenvalue weighted by Crippen LogP contribution is -2.40. The molecule has 2 atom stereocenters. The molecule has 1 heterocycles. The Bertz CT molecular complexity index is 512. The van der Waals surface area contributed by atoms with Gasteiger partial charge in [-0.1, -0.05) is 6.92 Å². The van der Waals surface area contributed by atoms with Gasteiger partial charge >= 0.3 is 5.69 Å². The second kappa shape index (κ2) is 6.47. The molecule has 8 nitrogen and oxygen atoms in total. The van der Waals surface area contributed by atoms with Crippen molar-refractivity contribution in [3.05, 3.63) is 21.5 Å². The number of nitrogens with zero attached hydrogens (tertiary/aromatic N) is 3. The summed E-state index contributed by atoms with van der Waals surface area (Å²) < 4.78 is 1.32. The molecule has 0 aliphatic carbocycles. The van der Waals surface area contributed by atoms with E-state index in [1.165, 1.54) is 11.6 Å². The first-order valence-electron chi connectivity index (χ1n) is 6.36. The summed E-state index contributed by atoms with van der Waals surface area (Å²) in [5, 5.41) is 26.6. The van der Waals surface area contributed by atoms with Crippen LogP contribution < -0.4 is 5.32 Å². The summed E-state index contributed by atoms with van der Waals surface area (Å²) in [6, 6.07) is -0.181. The molecular weight excluding hydrogens is 264 g/mol. The molecule has 20 heavy (non-hydrogen) atoms. The molecule has 0 aliphatic rings. The number of aliphatic hydroxyl groups is 1. The molecule has 0 saturated heterocycles. The predicted octanol–water partition coefficient (Wildman–Crippen LogP) is 0.541. The molecule has 1 aromatic heterocycles. The Kier molecular flexibility index (Phi) is 5.20. The molecule has 0 radical (unpaired) electrons. The number of nitrogens with one attached hydrogen (secondary N) is 1. The molecule has 0 fully saturated rings. The van der Waals surface area contributed by atoms with Gasteiger partial charge in [0.25, 0.3) is 0 Å². The van der Waals surface area contributed by atoms with Crippen molar-refractivity contribution in [3.63, 3.8) is 0 Å². The lowest BCUT2D eigenvalue weighted by molar-refractivity contribution is -0.386. The summed E-state index contributed by atoms with van der Waals surface area (Å²) in [5.74, 6) is -0.355. The van der Waals surface area contributed by atoms with E-state index in [1.807, 2.05) is 6.92 Å². The maximum atomic E-state index is 11.9. The van der Waals surface area contributed by atoms with Crippen LogP contribution in [0.4, 0.5) is 5.69 Å². The van der Waals surface area contributed by atoms with E-state index < -0.39 is 4.92 Å². The quantitative estimate of drug-likeness (QED) is 0.585. The van der Waals surface area contributed by atoms with E-state index >= 15 is 0 Å². The molecule has 0 spiro atoms. The lowest BCUT2D eigenvalue weighted by Gasteiger charge is -2.19. The van der Waals surface area contributed by atoms with Crippen LogP contribution in [0.15, 0.2) is 0 Å². The lowest BCUT2D eigenvalue weighted by atomic mass is 10.1. The molecule has 112 valence electrons. The highest BCUT2D eigenvalue weighted by atomic mass is 16.6. The van der Waals surface area contributed by atoms with Crippen LogP contribution in [0.25, 0.3) is 0 Å². The highest BCUT2D eigenvalue weighted by Gasteiger charge is 2.23. The third-order valence-electron chi connectivity index (χ3n) is 3.35. The third kappa shape index (κ3) is 3.53. The average molecular weight is 284 g/mol. The SMILES string of the molecule is Cc1nn(CC(=O)NC(C)C(C)CO)c(C)c1[N+](=O)[O-]. The maximum Gasteiger partial charge on any atom is 0.312 e. The number of rotatable bonds is 6. The predicted molar refractivity (Wildman–Crippen MR) is 72.2 cm³/mol. The van der Waals surface area contributed by atoms with Gasteiger partial charge in [0.1, 0.15) is 17.9 Å². The number of nitro groups is 1. The van der Waals surface area contributed by atoms with Gasteiger partial charge in [-0.05, 0) is 26.7 Å². The van der Waals surface area contributed by atoms with Crippen molar-refractivity contribution in [3.8, 4) is 0 Å². The van der Waals surface area contributed by atoms with Crippen molar-refractivity contribution in [2.45, 2.75) is 40.3 Å². The highest BCUT2D eigenvalue weighted by Crippen LogP contribution is 2.21. The van der Waals surface area contributed by atoms with Gasteiger partial charge in [-0.3, -0.25) is 19.6 Å². The number of aryl methyl sites for hydroxylation is 1. The van der Waals surface area contributed by atoms with E-state index in [0.717, 1.165) is 0 Å². The van der Waals surface area contributed by atoms with Crippen LogP contribution in [0, 0.1) is 29.9 Å². The van der Waals surface area contributed by atoms with Crippen molar-refractivity contribution in [1.82, 2.24) is 15.1 Å². The van der Waals surface area contributed by atoms with E-state index in [0.29, 0.717) is 5.69 Å². The fraction of sp³-hybridized carbons (Fsp3) is 0.667. The molecule has 0 bridgehead atoms. The number of aromatic nitrogens is 2. The normalized spacial score (nSPS) is 13.8. The topological polar surface area (TPSA) is 110 Å². The first kappa shape index (κ1) is 16.1. The monoisotopic (exact) mass is 284 g/mol.